The van der Waals surface area contributed by atoms with Crippen LogP contribution in [0.25, 0.3) is 0 Å². The highest BCUT2D eigenvalue weighted by Crippen LogP contribution is 2.18. The summed E-state index contributed by atoms with van der Waals surface area (Å²) in [4.78, 5) is 2.10. The molecule has 1 aromatic rings. The van der Waals surface area contributed by atoms with Crippen LogP contribution >= 0.6 is 0 Å². The summed E-state index contributed by atoms with van der Waals surface area (Å²) >= 11 is 0. The summed E-state index contributed by atoms with van der Waals surface area (Å²) in [7, 11) is 4.10. The molecular formula is C16H28N2O. The predicted octanol–water partition coefficient (Wildman–Crippen LogP) is 2.81. The number of benzene rings is 1. The molecule has 0 aliphatic heterocycles. The first kappa shape index (κ1) is 16.0. The molecule has 0 aliphatic carbocycles. The molecule has 0 spiro atoms. The highest BCUT2D eigenvalue weighted by Gasteiger charge is 2.09. The normalized spacial score (nSPS) is 15.9. The van der Waals surface area contributed by atoms with E-state index in [1.165, 1.54) is 11.3 Å². The van der Waals surface area contributed by atoms with Crippen LogP contribution in [0.1, 0.15) is 38.8 Å². The molecule has 0 aromatic heterocycles. The maximum atomic E-state index is 9.36. The molecule has 1 rings (SSSR count). The Kier molecular flexibility index (Phi) is 6.32. The Bertz CT molecular complexity index is 360. The largest absolute Gasteiger partial charge is 0.393 e. The van der Waals surface area contributed by atoms with Crippen molar-refractivity contribution in [3.05, 3.63) is 29.8 Å². The molecule has 3 nitrogen and oxygen atoms in total. The van der Waals surface area contributed by atoms with E-state index < -0.39 is 0 Å². The molecule has 3 unspecified atom stereocenters. The van der Waals surface area contributed by atoms with Crippen LogP contribution < -0.4 is 10.2 Å². The summed E-state index contributed by atoms with van der Waals surface area (Å²) in [5.74, 6) is 0.489. The van der Waals surface area contributed by atoms with Gasteiger partial charge in [0.05, 0.1) is 6.10 Å². The highest BCUT2D eigenvalue weighted by atomic mass is 16.3. The average molecular weight is 264 g/mol. The molecule has 19 heavy (non-hydrogen) atoms. The number of rotatable bonds is 7. The van der Waals surface area contributed by atoms with Crippen molar-refractivity contribution in [2.45, 2.75) is 39.3 Å². The SMILES string of the molecule is CC(O)CC(C)CNC(C)c1ccc(N(C)C)cc1. The Hall–Kier alpha value is -1.06. The number of aliphatic hydroxyl groups excluding tert-OH is 1. The number of nitrogens with zero attached hydrogens (tertiary/aromatic N) is 1. The second-order valence-electron chi connectivity index (χ2n) is 5.81. The van der Waals surface area contributed by atoms with Gasteiger partial charge in [-0.15, -0.1) is 0 Å². The molecule has 0 heterocycles. The average Bonchev–Trinajstić information content (AvgIpc) is 2.35. The Balaban J connectivity index is 2.47. The number of hydrogen-bond acceptors (Lipinski definition) is 3. The van der Waals surface area contributed by atoms with Gasteiger partial charge in [-0.3, -0.25) is 0 Å². The third-order valence-electron chi connectivity index (χ3n) is 3.43. The van der Waals surface area contributed by atoms with Gasteiger partial charge in [-0.05, 0) is 50.4 Å². The van der Waals surface area contributed by atoms with Crippen LogP contribution in [-0.2, 0) is 0 Å². The van der Waals surface area contributed by atoms with Crippen molar-refractivity contribution < 1.29 is 5.11 Å². The Labute approximate surface area is 117 Å². The van der Waals surface area contributed by atoms with Gasteiger partial charge in [0.15, 0.2) is 0 Å². The standard InChI is InChI=1S/C16H28N2O/c1-12(10-13(2)19)11-17-14(3)15-6-8-16(9-7-15)18(4)5/h6-9,12-14,17,19H,10-11H2,1-5H3. The molecule has 0 bridgehead atoms. The molecule has 0 fully saturated rings. The summed E-state index contributed by atoms with van der Waals surface area (Å²) in [5, 5.41) is 12.9. The first-order valence-corrected chi connectivity index (χ1v) is 7.09. The molecular weight excluding hydrogens is 236 g/mol. The second-order valence-corrected chi connectivity index (χ2v) is 5.81. The van der Waals surface area contributed by atoms with Crippen LogP contribution in [0.15, 0.2) is 24.3 Å². The highest BCUT2D eigenvalue weighted by molar-refractivity contribution is 5.46. The molecule has 1 aromatic carbocycles. The van der Waals surface area contributed by atoms with E-state index in [0.717, 1.165) is 13.0 Å². The van der Waals surface area contributed by atoms with Gasteiger partial charge in [-0.25, -0.2) is 0 Å². The van der Waals surface area contributed by atoms with Crippen LogP contribution in [0.5, 0.6) is 0 Å². The number of anilines is 1. The number of hydrogen-bond donors (Lipinski definition) is 2. The Morgan fingerprint density at radius 1 is 1.11 bits per heavy atom. The third kappa shape index (κ3) is 5.62. The van der Waals surface area contributed by atoms with E-state index in [2.05, 4.69) is 62.4 Å². The molecule has 0 saturated heterocycles. The van der Waals surface area contributed by atoms with E-state index >= 15 is 0 Å². The zero-order valence-electron chi connectivity index (χ0n) is 12.9. The monoisotopic (exact) mass is 264 g/mol. The van der Waals surface area contributed by atoms with Crippen molar-refractivity contribution in [2.24, 2.45) is 5.92 Å². The maximum Gasteiger partial charge on any atom is 0.0515 e. The van der Waals surface area contributed by atoms with Gasteiger partial charge in [0.25, 0.3) is 0 Å². The van der Waals surface area contributed by atoms with E-state index in [1.54, 1.807) is 0 Å². The van der Waals surface area contributed by atoms with Crippen molar-refractivity contribution in [2.75, 3.05) is 25.5 Å². The Morgan fingerprint density at radius 3 is 2.16 bits per heavy atom. The molecule has 0 amide bonds. The molecule has 0 saturated carbocycles. The van der Waals surface area contributed by atoms with Crippen molar-refractivity contribution in [1.82, 2.24) is 5.32 Å². The summed E-state index contributed by atoms with van der Waals surface area (Å²) in [5.41, 5.74) is 2.52. The minimum absolute atomic E-state index is 0.216. The fourth-order valence-corrected chi connectivity index (χ4v) is 2.22. The minimum atomic E-state index is -0.216. The van der Waals surface area contributed by atoms with Crippen LogP contribution in [0.2, 0.25) is 0 Å². The van der Waals surface area contributed by atoms with Gasteiger partial charge in [-0.1, -0.05) is 19.1 Å². The summed E-state index contributed by atoms with van der Waals surface area (Å²) in [6.07, 6.45) is 0.630. The van der Waals surface area contributed by atoms with E-state index in [0.29, 0.717) is 12.0 Å². The molecule has 108 valence electrons. The third-order valence-corrected chi connectivity index (χ3v) is 3.43. The van der Waals surface area contributed by atoms with Crippen molar-refractivity contribution in [3.63, 3.8) is 0 Å². The summed E-state index contributed by atoms with van der Waals surface area (Å²) in [6, 6.07) is 8.98. The molecule has 2 N–H and O–H groups in total. The molecule has 3 atom stereocenters. The van der Waals surface area contributed by atoms with Gasteiger partial charge in [0, 0.05) is 25.8 Å². The predicted molar refractivity (Wildman–Crippen MR) is 82.6 cm³/mol. The minimum Gasteiger partial charge on any atom is -0.393 e. The second kappa shape index (κ2) is 7.51. The van der Waals surface area contributed by atoms with Crippen LogP contribution in [-0.4, -0.2) is 31.9 Å². The summed E-state index contributed by atoms with van der Waals surface area (Å²) in [6.45, 7) is 7.13. The lowest BCUT2D eigenvalue weighted by atomic mass is 10.0. The van der Waals surface area contributed by atoms with Crippen LogP contribution in [0.4, 0.5) is 5.69 Å². The van der Waals surface area contributed by atoms with Crippen LogP contribution in [0.3, 0.4) is 0 Å². The van der Waals surface area contributed by atoms with Gasteiger partial charge < -0.3 is 15.3 Å². The van der Waals surface area contributed by atoms with Gasteiger partial charge in [0.1, 0.15) is 0 Å². The summed E-state index contributed by atoms with van der Waals surface area (Å²) < 4.78 is 0. The lowest BCUT2D eigenvalue weighted by Crippen LogP contribution is -2.26. The molecule has 3 heteroatoms. The topological polar surface area (TPSA) is 35.5 Å². The molecule has 0 aliphatic rings. The quantitative estimate of drug-likeness (QED) is 0.795. The van der Waals surface area contributed by atoms with Crippen molar-refractivity contribution in [1.29, 1.82) is 0 Å². The van der Waals surface area contributed by atoms with Gasteiger partial charge >= 0.3 is 0 Å². The van der Waals surface area contributed by atoms with E-state index in [1.807, 2.05) is 6.92 Å². The van der Waals surface area contributed by atoms with Crippen LogP contribution in [0, 0.1) is 5.92 Å². The van der Waals surface area contributed by atoms with E-state index in [9.17, 15) is 5.11 Å². The zero-order valence-corrected chi connectivity index (χ0v) is 12.9. The van der Waals surface area contributed by atoms with Gasteiger partial charge in [-0.2, -0.15) is 0 Å². The fourth-order valence-electron chi connectivity index (χ4n) is 2.22. The first-order valence-electron chi connectivity index (χ1n) is 7.09. The smallest absolute Gasteiger partial charge is 0.0515 e. The van der Waals surface area contributed by atoms with Crippen molar-refractivity contribution in [3.8, 4) is 0 Å². The van der Waals surface area contributed by atoms with Gasteiger partial charge in [0.2, 0.25) is 0 Å². The maximum absolute atomic E-state index is 9.36. The zero-order chi connectivity index (χ0) is 14.4. The first-order chi connectivity index (χ1) is 8.90. The van der Waals surface area contributed by atoms with E-state index in [4.69, 9.17) is 0 Å². The number of aliphatic hydroxyl groups is 1. The number of nitrogens with one attached hydrogen (secondary N) is 1. The van der Waals surface area contributed by atoms with E-state index in [-0.39, 0.29) is 6.10 Å². The Morgan fingerprint density at radius 2 is 1.68 bits per heavy atom. The molecule has 0 radical (unpaired) electrons. The lowest BCUT2D eigenvalue weighted by Gasteiger charge is -2.20. The lowest BCUT2D eigenvalue weighted by molar-refractivity contribution is 0.162. The fraction of sp³-hybridized carbons (Fsp3) is 0.625. The van der Waals surface area contributed by atoms with Crippen molar-refractivity contribution >= 4 is 5.69 Å².